The van der Waals surface area contributed by atoms with E-state index in [2.05, 4.69) is 9.97 Å². The number of H-pyrrole nitrogens is 1. The number of ether oxygens (including phenoxy) is 1. The lowest BCUT2D eigenvalue weighted by Gasteiger charge is -2.14. The van der Waals surface area contributed by atoms with Gasteiger partial charge < -0.3 is 9.30 Å². The molecule has 0 spiro atoms. The molecule has 0 amide bonds. The lowest BCUT2D eigenvalue weighted by molar-refractivity contribution is 0.0174. The van der Waals surface area contributed by atoms with Gasteiger partial charge in [-0.1, -0.05) is 24.3 Å². The van der Waals surface area contributed by atoms with Gasteiger partial charge in [0.15, 0.2) is 11.2 Å². The second-order valence-corrected chi connectivity index (χ2v) is 9.61. The van der Waals surface area contributed by atoms with E-state index in [1.807, 2.05) is 13.8 Å². The quantitative estimate of drug-likeness (QED) is 0.389. The van der Waals surface area contributed by atoms with Gasteiger partial charge >= 0.3 is 5.69 Å². The number of fused-ring (bicyclic) bond motifs is 1. The maximum absolute atomic E-state index is 13.7. The molecule has 0 unspecified atom stereocenters. The Balaban J connectivity index is 1.70. The predicted octanol–water partition coefficient (Wildman–Crippen LogP) is 4.48. The van der Waals surface area contributed by atoms with E-state index in [9.17, 15) is 18.4 Å². The molecular formula is C26H27F2N5O3. The zero-order valence-electron chi connectivity index (χ0n) is 20.3. The average molecular weight is 496 g/mol. The zero-order valence-corrected chi connectivity index (χ0v) is 20.3. The number of halogens is 2. The molecule has 10 heteroatoms. The van der Waals surface area contributed by atoms with Crippen molar-refractivity contribution < 1.29 is 13.5 Å². The minimum Gasteiger partial charge on any atom is -0.477 e. The van der Waals surface area contributed by atoms with Gasteiger partial charge in [0.05, 0.1) is 12.2 Å². The fraction of sp³-hybridized carbons (Fsp3) is 0.385. The largest absolute Gasteiger partial charge is 0.477 e. The molecule has 188 valence electrons. The van der Waals surface area contributed by atoms with Gasteiger partial charge in [0, 0.05) is 31.3 Å². The smallest absolute Gasteiger partial charge is 0.330 e. The lowest BCUT2D eigenvalue weighted by atomic mass is 10.1. The molecule has 0 aliphatic heterocycles. The summed E-state index contributed by atoms with van der Waals surface area (Å²) in [6.45, 7) is 5.21. The highest BCUT2D eigenvalue weighted by atomic mass is 19.3. The number of benzene rings is 1. The van der Waals surface area contributed by atoms with Crippen LogP contribution in [0.25, 0.3) is 22.6 Å². The summed E-state index contributed by atoms with van der Waals surface area (Å²) in [6, 6.07) is 9.23. The Kier molecular flexibility index (Phi) is 5.97. The third-order valence-corrected chi connectivity index (χ3v) is 6.31. The van der Waals surface area contributed by atoms with E-state index in [0.717, 1.165) is 19.8 Å². The SMILES string of the molecule is CC(C)n1c(=O)[nH]c(=O)c2c1nc(-c1cccnc1OCC1CC1)n2Cc1ccc(C(C)(F)F)cc1. The van der Waals surface area contributed by atoms with Crippen LogP contribution in [0.4, 0.5) is 8.78 Å². The van der Waals surface area contributed by atoms with Crippen molar-refractivity contribution in [3.05, 3.63) is 74.6 Å². The van der Waals surface area contributed by atoms with E-state index in [4.69, 9.17) is 9.72 Å². The summed E-state index contributed by atoms with van der Waals surface area (Å²) in [6.07, 6.45) is 3.85. The first-order valence-electron chi connectivity index (χ1n) is 11.9. The molecule has 0 saturated heterocycles. The van der Waals surface area contributed by atoms with Crippen LogP contribution < -0.4 is 16.0 Å². The summed E-state index contributed by atoms with van der Waals surface area (Å²) in [5.41, 5.74) is 0.484. The molecule has 0 radical (unpaired) electrons. The minimum absolute atomic E-state index is 0.100. The van der Waals surface area contributed by atoms with Crippen LogP contribution in [0.5, 0.6) is 5.88 Å². The number of imidazole rings is 1. The number of hydrogen-bond acceptors (Lipinski definition) is 5. The topological polar surface area (TPSA) is 94.8 Å². The van der Waals surface area contributed by atoms with Crippen molar-refractivity contribution in [3.63, 3.8) is 0 Å². The predicted molar refractivity (Wildman–Crippen MR) is 132 cm³/mol. The van der Waals surface area contributed by atoms with Crippen LogP contribution in [0, 0.1) is 5.92 Å². The lowest BCUT2D eigenvalue weighted by Crippen LogP contribution is -2.32. The number of nitrogens with zero attached hydrogens (tertiary/aromatic N) is 4. The van der Waals surface area contributed by atoms with Crippen molar-refractivity contribution >= 4 is 11.2 Å². The molecule has 1 saturated carbocycles. The first kappa shape index (κ1) is 23.9. The maximum Gasteiger partial charge on any atom is 0.330 e. The van der Waals surface area contributed by atoms with Crippen LogP contribution in [0.1, 0.15) is 50.8 Å². The van der Waals surface area contributed by atoms with Crippen molar-refractivity contribution in [2.75, 3.05) is 6.61 Å². The molecule has 8 nitrogen and oxygen atoms in total. The minimum atomic E-state index is -2.96. The monoisotopic (exact) mass is 495 g/mol. The van der Waals surface area contributed by atoms with Crippen LogP contribution in [0.3, 0.4) is 0 Å². The van der Waals surface area contributed by atoms with E-state index in [-0.39, 0.29) is 29.3 Å². The van der Waals surface area contributed by atoms with Crippen LogP contribution in [0.2, 0.25) is 0 Å². The van der Waals surface area contributed by atoms with Crippen molar-refractivity contribution in [1.82, 2.24) is 24.1 Å². The molecule has 3 aromatic heterocycles. The number of alkyl halides is 2. The molecular weight excluding hydrogens is 468 g/mol. The summed E-state index contributed by atoms with van der Waals surface area (Å²) < 4.78 is 36.6. The fourth-order valence-corrected chi connectivity index (χ4v) is 4.23. The Morgan fingerprint density at radius 2 is 1.89 bits per heavy atom. The second-order valence-electron chi connectivity index (χ2n) is 9.61. The van der Waals surface area contributed by atoms with Crippen LogP contribution in [-0.4, -0.2) is 30.7 Å². The fourth-order valence-electron chi connectivity index (χ4n) is 4.23. The highest BCUT2D eigenvalue weighted by molar-refractivity contribution is 5.78. The Bertz CT molecular complexity index is 1530. The van der Waals surface area contributed by atoms with Crippen LogP contribution >= 0.6 is 0 Å². The molecule has 0 atom stereocenters. The van der Waals surface area contributed by atoms with Crippen LogP contribution in [0.15, 0.2) is 52.2 Å². The molecule has 1 aliphatic rings. The van der Waals surface area contributed by atoms with Gasteiger partial charge in [0.2, 0.25) is 5.88 Å². The normalized spacial score (nSPS) is 14.1. The number of pyridine rings is 1. The molecule has 3 heterocycles. The van der Waals surface area contributed by atoms with E-state index in [0.29, 0.717) is 35.4 Å². The van der Waals surface area contributed by atoms with Crippen molar-refractivity contribution in [2.24, 2.45) is 5.92 Å². The summed E-state index contributed by atoms with van der Waals surface area (Å²) in [7, 11) is 0. The Hall–Kier alpha value is -3.82. The van der Waals surface area contributed by atoms with Crippen molar-refractivity contribution in [2.45, 2.75) is 52.1 Å². The molecule has 1 N–H and O–H groups in total. The number of aromatic amines is 1. The molecule has 1 aromatic carbocycles. The molecule has 36 heavy (non-hydrogen) atoms. The molecule has 1 aliphatic carbocycles. The van der Waals surface area contributed by atoms with Gasteiger partial charge in [-0.15, -0.1) is 0 Å². The highest BCUT2D eigenvalue weighted by Gasteiger charge is 2.27. The number of nitrogens with one attached hydrogen (secondary N) is 1. The zero-order chi connectivity index (χ0) is 25.6. The summed E-state index contributed by atoms with van der Waals surface area (Å²) >= 11 is 0. The van der Waals surface area contributed by atoms with Gasteiger partial charge in [0.1, 0.15) is 5.82 Å². The van der Waals surface area contributed by atoms with Gasteiger partial charge in [-0.05, 0) is 50.3 Å². The first-order valence-corrected chi connectivity index (χ1v) is 11.9. The number of hydrogen-bond donors (Lipinski definition) is 1. The molecule has 4 aromatic rings. The van der Waals surface area contributed by atoms with Crippen LogP contribution in [-0.2, 0) is 12.5 Å². The summed E-state index contributed by atoms with van der Waals surface area (Å²) in [5.74, 6) is -1.67. The number of rotatable bonds is 8. The summed E-state index contributed by atoms with van der Waals surface area (Å²) in [5, 5.41) is 0. The molecule has 0 bridgehead atoms. The first-order chi connectivity index (χ1) is 17.1. The van der Waals surface area contributed by atoms with Crippen molar-refractivity contribution in [3.8, 4) is 17.3 Å². The maximum atomic E-state index is 13.7. The Labute approximate surface area is 205 Å². The van der Waals surface area contributed by atoms with Gasteiger partial charge in [-0.3, -0.25) is 14.3 Å². The van der Waals surface area contributed by atoms with E-state index < -0.39 is 17.2 Å². The average Bonchev–Trinajstić information content (AvgIpc) is 3.58. The second kappa shape index (κ2) is 9.00. The number of aromatic nitrogens is 5. The van der Waals surface area contributed by atoms with Gasteiger partial charge in [-0.25, -0.2) is 23.5 Å². The Morgan fingerprint density at radius 1 is 1.17 bits per heavy atom. The van der Waals surface area contributed by atoms with E-state index in [1.165, 1.54) is 16.7 Å². The van der Waals surface area contributed by atoms with E-state index >= 15 is 0 Å². The highest BCUT2D eigenvalue weighted by Crippen LogP contribution is 2.34. The molecule has 1 fully saturated rings. The van der Waals surface area contributed by atoms with Gasteiger partial charge in [0.25, 0.3) is 11.5 Å². The third kappa shape index (κ3) is 4.55. The Morgan fingerprint density at radius 3 is 2.53 bits per heavy atom. The van der Waals surface area contributed by atoms with Gasteiger partial charge in [-0.2, -0.15) is 0 Å². The van der Waals surface area contributed by atoms with E-state index in [1.54, 1.807) is 35.0 Å². The third-order valence-electron chi connectivity index (χ3n) is 6.31. The standard InChI is InChI=1S/C26H27F2N5O3/c1-15(2)33-22-20(23(34)31-25(33)35)32(13-16-8-10-18(11-9-16)26(3,27)28)21(30-22)19-5-4-12-29-24(19)36-14-17-6-7-17/h4-5,8-12,15,17H,6-7,13-14H2,1-3H3,(H,31,34,35). The molecule has 5 rings (SSSR count). The summed E-state index contributed by atoms with van der Waals surface area (Å²) in [4.78, 5) is 37.2. The van der Waals surface area contributed by atoms with Crippen molar-refractivity contribution in [1.29, 1.82) is 0 Å².